The molecule has 2 rings (SSSR count). The van der Waals surface area contributed by atoms with E-state index < -0.39 is 15.9 Å². The fourth-order valence-corrected chi connectivity index (χ4v) is 3.19. The number of nitrogens with zero attached hydrogens (tertiary/aromatic N) is 1. The number of para-hydroxylation sites is 1. The van der Waals surface area contributed by atoms with Gasteiger partial charge in [-0.15, -0.1) is 0 Å². The number of ether oxygens (including phenoxy) is 1. The molecule has 1 aromatic carbocycles. The van der Waals surface area contributed by atoms with Gasteiger partial charge in [0.25, 0.3) is 0 Å². The van der Waals surface area contributed by atoms with Crippen LogP contribution >= 0.6 is 0 Å². The lowest BCUT2D eigenvalue weighted by atomic mass is 10.2. The summed E-state index contributed by atoms with van der Waals surface area (Å²) in [6.45, 7) is 0.230. The minimum atomic E-state index is -3.10. The van der Waals surface area contributed by atoms with Crippen LogP contribution in [-0.4, -0.2) is 44.6 Å². The van der Waals surface area contributed by atoms with Gasteiger partial charge in [0.1, 0.15) is 24.5 Å². The van der Waals surface area contributed by atoms with Crippen molar-refractivity contribution in [2.75, 3.05) is 18.9 Å². The molecule has 21 heavy (non-hydrogen) atoms. The molecule has 1 aliphatic rings. The van der Waals surface area contributed by atoms with Gasteiger partial charge in [-0.2, -0.15) is 5.26 Å². The number of aliphatic hydroxyl groups excluding tert-OH is 1. The van der Waals surface area contributed by atoms with E-state index in [0.717, 1.165) is 0 Å². The molecule has 112 valence electrons. The molecule has 0 amide bonds. The zero-order valence-electron chi connectivity index (χ0n) is 11.3. The Balaban J connectivity index is 1.77. The van der Waals surface area contributed by atoms with Gasteiger partial charge in [-0.3, -0.25) is 0 Å². The summed E-state index contributed by atoms with van der Waals surface area (Å²) in [7, 11) is -3.10. The summed E-state index contributed by atoms with van der Waals surface area (Å²) in [4.78, 5) is 0. The second-order valence-corrected chi connectivity index (χ2v) is 6.68. The van der Waals surface area contributed by atoms with Crippen molar-refractivity contribution < 1.29 is 18.3 Å². The molecule has 0 radical (unpaired) electrons. The summed E-state index contributed by atoms with van der Waals surface area (Å²) in [6, 6.07) is 8.49. The Morgan fingerprint density at radius 1 is 1.48 bits per heavy atom. The number of rotatable bonds is 6. The molecule has 2 unspecified atom stereocenters. The molecular formula is C14H16N2O4S. The number of nitriles is 1. The quantitative estimate of drug-likeness (QED) is 0.779. The van der Waals surface area contributed by atoms with Gasteiger partial charge >= 0.3 is 0 Å². The fourth-order valence-electron chi connectivity index (χ4n) is 1.92. The third kappa shape index (κ3) is 4.56. The van der Waals surface area contributed by atoms with Crippen LogP contribution in [0.1, 0.15) is 5.56 Å². The third-order valence-electron chi connectivity index (χ3n) is 2.98. The van der Waals surface area contributed by atoms with Gasteiger partial charge in [0.05, 0.1) is 11.3 Å². The Hall–Kier alpha value is -1.88. The highest BCUT2D eigenvalue weighted by Gasteiger charge is 2.21. The number of sulfone groups is 1. The average Bonchev–Trinajstić information content (AvgIpc) is 2.82. The van der Waals surface area contributed by atoms with E-state index in [2.05, 4.69) is 5.32 Å². The predicted octanol–water partition coefficient (Wildman–Crippen LogP) is 0.198. The average molecular weight is 308 g/mol. The number of hydrogen-bond donors (Lipinski definition) is 2. The Bertz CT molecular complexity index is 664. The molecule has 0 saturated carbocycles. The minimum absolute atomic E-state index is 0.0117. The van der Waals surface area contributed by atoms with Crippen LogP contribution in [0.2, 0.25) is 0 Å². The predicted molar refractivity (Wildman–Crippen MR) is 77.4 cm³/mol. The van der Waals surface area contributed by atoms with Crippen LogP contribution in [0.3, 0.4) is 0 Å². The van der Waals surface area contributed by atoms with E-state index in [0.29, 0.717) is 11.3 Å². The van der Waals surface area contributed by atoms with Gasteiger partial charge < -0.3 is 15.2 Å². The monoisotopic (exact) mass is 308 g/mol. The molecule has 0 aromatic heterocycles. The van der Waals surface area contributed by atoms with Gasteiger partial charge in [0.15, 0.2) is 9.84 Å². The lowest BCUT2D eigenvalue weighted by Gasteiger charge is -2.16. The van der Waals surface area contributed by atoms with Crippen LogP contribution in [0.15, 0.2) is 35.7 Å². The second kappa shape index (κ2) is 6.72. The van der Waals surface area contributed by atoms with Crippen molar-refractivity contribution in [3.05, 3.63) is 41.3 Å². The van der Waals surface area contributed by atoms with Crippen molar-refractivity contribution in [3.8, 4) is 11.8 Å². The molecule has 2 N–H and O–H groups in total. The molecule has 0 saturated heterocycles. The second-order valence-electron chi connectivity index (χ2n) is 4.75. The van der Waals surface area contributed by atoms with E-state index in [4.69, 9.17) is 10.00 Å². The minimum Gasteiger partial charge on any atom is -0.489 e. The van der Waals surface area contributed by atoms with Crippen LogP contribution in [0.25, 0.3) is 0 Å². The first-order chi connectivity index (χ1) is 10.00. The van der Waals surface area contributed by atoms with E-state index in [1.165, 1.54) is 5.41 Å². The highest BCUT2D eigenvalue weighted by atomic mass is 32.2. The zero-order chi connectivity index (χ0) is 15.3. The lowest BCUT2D eigenvalue weighted by molar-refractivity contribution is 0.105. The summed E-state index contributed by atoms with van der Waals surface area (Å²) < 4.78 is 27.8. The molecule has 6 nitrogen and oxygen atoms in total. The van der Waals surface area contributed by atoms with Crippen molar-refractivity contribution in [2.45, 2.75) is 12.1 Å². The van der Waals surface area contributed by atoms with E-state index in [9.17, 15) is 13.5 Å². The first-order valence-corrected chi connectivity index (χ1v) is 8.16. The summed E-state index contributed by atoms with van der Waals surface area (Å²) in [6.07, 6.45) is 0.766. The van der Waals surface area contributed by atoms with Crippen molar-refractivity contribution in [1.82, 2.24) is 5.32 Å². The number of nitrogens with one attached hydrogen (secondary N) is 1. The van der Waals surface area contributed by atoms with E-state index in [1.54, 1.807) is 30.3 Å². The first-order valence-electron chi connectivity index (χ1n) is 6.44. The largest absolute Gasteiger partial charge is 0.489 e. The smallest absolute Gasteiger partial charge is 0.173 e. The van der Waals surface area contributed by atoms with Crippen molar-refractivity contribution in [2.24, 2.45) is 0 Å². The summed E-state index contributed by atoms with van der Waals surface area (Å²) in [5, 5.41) is 22.8. The summed E-state index contributed by atoms with van der Waals surface area (Å²) in [5.74, 6) is 0.431. The number of aliphatic hydroxyl groups is 1. The highest BCUT2D eigenvalue weighted by Crippen LogP contribution is 2.16. The van der Waals surface area contributed by atoms with Crippen LogP contribution in [0.5, 0.6) is 5.75 Å². The van der Waals surface area contributed by atoms with Gasteiger partial charge in [-0.1, -0.05) is 18.2 Å². The molecule has 1 aliphatic heterocycles. The van der Waals surface area contributed by atoms with Gasteiger partial charge in [-0.25, -0.2) is 8.42 Å². The third-order valence-corrected chi connectivity index (χ3v) is 4.38. The standard InChI is InChI=1S/C14H16N2O4S/c15-7-11-3-1-2-4-14(11)20-9-13(17)8-16-12-5-6-21(18,19)10-12/h1-6,12-13,16-17H,8-10H2. The number of hydrogen-bond acceptors (Lipinski definition) is 6. The molecule has 0 aliphatic carbocycles. The maximum Gasteiger partial charge on any atom is 0.173 e. The number of benzene rings is 1. The molecule has 2 atom stereocenters. The first kappa shape index (κ1) is 15.5. The molecule has 0 bridgehead atoms. The zero-order valence-corrected chi connectivity index (χ0v) is 12.1. The molecule has 1 heterocycles. The van der Waals surface area contributed by atoms with E-state index in [1.807, 2.05) is 6.07 Å². The molecule has 7 heteroatoms. The Kier molecular flexibility index (Phi) is 4.96. The normalized spacial score (nSPS) is 20.9. The summed E-state index contributed by atoms with van der Waals surface area (Å²) in [5.41, 5.74) is 0.405. The van der Waals surface area contributed by atoms with Gasteiger partial charge in [-0.05, 0) is 12.1 Å². The van der Waals surface area contributed by atoms with Gasteiger partial charge in [0.2, 0.25) is 0 Å². The maximum atomic E-state index is 11.2. The molecular weight excluding hydrogens is 292 g/mol. The van der Waals surface area contributed by atoms with Crippen LogP contribution in [-0.2, 0) is 9.84 Å². The van der Waals surface area contributed by atoms with Crippen LogP contribution < -0.4 is 10.1 Å². The SMILES string of the molecule is N#Cc1ccccc1OCC(O)CNC1C=CS(=O)(=O)C1. The van der Waals surface area contributed by atoms with Crippen LogP contribution in [0.4, 0.5) is 0 Å². The highest BCUT2D eigenvalue weighted by molar-refractivity contribution is 7.94. The van der Waals surface area contributed by atoms with E-state index in [-0.39, 0.29) is 24.9 Å². The lowest BCUT2D eigenvalue weighted by Crippen LogP contribution is -2.38. The van der Waals surface area contributed by atoms with Crippen molar-refractivity contribution in [3.63, 3.8) is 0 Å². The fraction of sp³-hybridized carbons (Fsp3) is 0.357. The van der Waals surface area contributed by atoms with E-state index >= 15 is 0 Å². The van der Waals surface area contributed by atoms with Crippen molar-refractivity contribution >= 4 is 9.84 Å². The van der Waals surface area contributed by atoms with Crippen LogP contribution in [0, 0.1) is 11.3 Å². The molecule has 0 fully saturated rings. The maximum absolute atomic E-state index is 11.2. The van der Waals surface area contributed by atoms with Gasteiger partial charge in [0, 0.05) is 18.0 Å². The Morgan fingerprint density at radius 2 is 2.24 bits per heavy atom. The Morgan fingerprint density at radius 3 is 2.90 bits per heavy atom. The topological polar surface area (TPSA) is 99.4 Å². The van der Waals surface area contributed by atoms with Crippen molar-refractivity contribution in [1.29, 1.82) is 5.26 Å². The summed E-state index contributed by atoms with van der Waals surface area (Å²) >= 11 is 0. The Labute approximate surface area is 123 Å². The molecule has 0 spiro atoms. The molecule has 1 aromatic rings.